The molecule has 3 heterocycles. The summed E-state index contributed by atoms with van der Waals surface area (Å²) in [6.45, 7) is 0.632. The Kier molecular flexibility index (Phi) is 2.98. The van der Waals surface area contributed by atoms with Crippen LogP contribution in [0.5, 0.6) is 0 Å². The van der Waals surface area contributed by atoms with Gasteiger partial charge in [0.25, 0.3) is 0 Å². The highest BCUT2D eigenvalue weighted by Gasteiger charge is 2.13. The Morgan fingerprint density at radius 2 is 2.21 bits per heavy atom. The van der Waals surface area contributed by atoms with Crippen LogP contribution in [0.15, 0.2) is 33.7 Å². The fourth-order valence-corrected chi connectivity index (χ4v) is 2.34. The molecule has 0 unspecified atom stereocenters. The third kappa shape index (κ3) is 2.21. The highest BCUT2D eigenvalue weighted by atomic mass is 79.9. The highest BCUT2D eigenvalue weighted by Crippen LogP contribution is 2.23. The van der Waals surface area contributed by atoms with Gasteiger partial charge in [-0.1, -0.05) is 0 Å². The summed E-state index contributed by atoms with van der Waals surface area (Å²) in [4.78, 5) is 10.6. The quantitative estimate of drug-likeness (QED) is 0.741. The fourth-order valence-electron chi connectivity index (χ4n) is 2.00. The molecular weight excluding hydrogens is 310 g/mol. The van der Waals surface area contributed by atoms with Crippen molar-refractivity contribution in [1.82, 2.24) is 19.7 Å². The van der Waals surface area contributed by atoms with E-state index in [1.54, 1.807) is 17.2 Å². The number of hydrogen-bond donors (Lipinski definition) is 0. The Bertz CT molecular complexity index is 720. The molecule has 6 nitrogen and oxygen atoms in total. The number of fused-ring (bicyclic) bond motifs is 1. The molecule has 0 aliphatic rings. The van der Waals surface area contributed by atoms with Gasteiger partial charge in [0, 0.05) is 14.1 Å². The van der Waals surface area contributed by atoms with Crippen molar-refractivity contribution >= 4 is 32.8 Å². The molecule has 0 radical (unpaired) electrons. The van der Waals surface area contributed by atoms with Gasteiger partial charge in [0.2, 0.25) is 0 Å². The molecule has 0 N–H and O–H groups in total. The van der Waals surface area contributed by atoms with Gasteiger partial charge in [-0.15, -0.1) is 0 Å². The summed E-state index contributed by atoms with van der Waals surface area (Å²) in [6, 6.07) is 3.81. The van der Waals surface area contributed by atoms with Crippen LogP contribution < -0.4 is 4.90 Å². The maximum Gasteiger partial charge on any atom is 0.169 e. The van der Waals surface area contributed by atoms with E-state index in [1.807, 2.05) is 31.1 Å². The normalized spacial score (nSPS) is 11.1. The Morgan fingerprint density at radius 1 is 1.37 bits per heavy atom. The lowest BCUT2D eigenvalue weighted by Crippen LogP contribution is -2.17. The van der Waals surface area contributed by atoms with Crippen LogP contribution in [0.4, 0.5) is 5.82 Å². The Morgan fingerprint density at radius 3 is 2.95 bits per heavy atom. The minimum atomic E-state index is 0.632. The molecule has 98 valence electrons. The molecule has 0 saturated carbocycles. The van der Waals surface area contributed by atoms with E-state index >= 15 is 0 Å². The molecule has 7 heteroatoms. The number of halogens is 1. The van der Waals surface area contributed by atoms with Crippen molar-refractivity contribution in [2.24, 2.45) is 7.05 Å². The summed E-state index contributed by atoms with van der Waals surface area (Å²) in [5, 5.41) is 5.14. The van der Waals surface area contributed by atoms with E-state index in [4.69, 9.17) is 4.42 Å². The number of aryl methyl sites for hydroxylation is 1. The lowest BCUT2D eigenvalue weighted by atomic mass is 10.3. The van der Waals surface area contributed by atoms with E-state index in [1.165, 1.54) is 0 Å². The first-order chi connectivity index (χ1) is 9.15. The van der Waals surface area contributed by atoms with Crippen LogP contribution in [0.2, 0.25) is 0 Å². The van der Waals surface area contributed by atoms with Gasteiger partial charge in [-0.25, -0.2) is 9.97 Å². The molecule has 3 aromatic heterocycles. The summed E-state index contributed by atoms with van der Waals surface area (Å²) in [6.07, 6.45) is 3.33. The lowest BCUT2D eigenvalue weighted by molar-refractivity contribution is 0.486. The zero-order valence-electron chi connectivity index (χ0n) is 10.5. The average molecular weight is 322 g/mol. The molecular formula is C12H12BrN5O. The van der Waals surface area contributed by atoms with Crippen molar-refractivity contribution in [3.05, 3.63) is 35.1 Å². The summed E-state index contributed by atoms with van der Waals surface area (Å²) in [5.74, 6) is 1.70. The molecule has 0 bridgehead atoms. The highest BCUT2D eigenvalue weighted by molar-refractivity contribution is 9.10. The van der Waals surface area contributed by atoms with Gasteiger partial charge < -0.3 is 9.32 Å². The van der Waals surface area contributed by atoms with E-state index in [9.17, 15) is 0 Å². The third-order valence-corrected chi connectivity index (χ3v) is 3.32. The standard InChI is InChI=1S/C12H12BrN5O/c1-17(6-8-3-4-10(13)19-8)11-9-5-16-18(2)12(9)15-7-14-11/h3-5,7H,6H2,1-2H3. The monoisotopic (exact) mass is 321 g/mol. The van der Waals surface area contributed by atoms with Crippen molar-refractivity contribution < 1.29 is 4.42 Å². The zero-order valence-corrected chi connectivity index (χ0v) is 12.1. The number of anilines is 1. The third-order valence-electron chi connectivity index (χ3n) is 2.89. The largest absolute Gasteiger partial charge is 0.452 e. The smallest absolute Gasteiger partial charge is 0.169 e. The van der Waals surface area contributed by atoms with E-state index < -0.39 is 0 Å². The van der Waals surface area contributed by atoms with Gasteiger partial charge in [-0.3, -0.25) is 4.68 Å². The van der Waals surface area contributed by atoms with Crippen LogP contribution in [0, 0.1) is 0 Å². The van der Waals surface area contributed by atoms with E-state index in [2.05, 4.69) is 31.0 Å². The van der Waals surface area contributed by atoms with Gasteiger partial charge in [-0.2, -0.15) is 5.10 Å². The second kappa shape index (κ2) is 4.65. The Hall–Kier alpha value is -1.89. The first-order valence-electron chi connectivity index (χ1n) is 5.73. The van der Waals surface area contributed by atoms with Crippen LogP contribution >= 0.6 is 15.9 Å². The second-order valence-electron chi connectivity index (χ2n) is 4.26. The number of nitrogens with zero attached hydrogens (tertiary/aromatic N) is 5. The number of furan rings is 1. The average Bonchev–Trinajstić information content (AvgIpc) is 2.96. The molecule has 0 aromatic carbocycles. The van der Waals surface area contributed by atoms with Crippen molar-refractivity contribution in [3.63, 3.8) is 0 Å². The summed E-state index contributed by atoms with van der Waals surface area (Å²) in [7, 11) is 3.83. The van der Waals surface area contributed by atoms with Crippen molar-refractivity contribution in [2.75, 3.05) is 11.9 Å². The molecule has 3 aromatic rings. The van der Waals surface area contributed by atoms with Crippen LogP contribution in [-0.4, -0.2) is 26.8 Å². The number of hydrogen-bond acceptors (Lipinski definition) is 5. The van der Waals surface area contributed by atoms with Crippen LogP contribution in [-0.2, 0) is 13.6 Å². The minimum absolute atomic E-state index is 0.632. The molecule has 0 aliphatic carbocycles. The number of aromatic nitrogens is 4. The van der Waals surface area contributed by atoms with E-state index in [-0.39, 0.29) is 0 Å². The molecule has 3 rings (SSSR count). The molecule has 0 fully saturated rings. The predicted octanol–water partition coefficient (Wildman–Crippen LogP) is 2.36. The maximum absolute atomic E-state index is 5.50. The summed E-state index contributed by atoms with van der Waals surface area (Å²) < 4.78 is 7.96. The topological polar surface area (TPSA) is 60.0 Å². The van der Waals surface area contributed by atoms with Crippen molar-refractivity contribution in [3.8, 4) is 0 Å². The van der Waals surface area contributed by atoms with Crippen molar-refractivity contribution in [2.45, 2.75) is 6.54 Å². The molecule has 0 spiro atoms. The van der Waals surface area contributed by atoms with Gasteiger partial charge in [0.1, 0.15) is 17.9 Å². The molecule has 19 heavy (non-hydrogen) atoms. The van der Waals surface area contributed by atoms with Gasteiger partial charge in [-0.05, 0) is 28.1 Å². The maximum atomic E-state index is 5.50. The van der Waals surface area contributed by atoms with Crippen LogP contribution in [0.25, 0.3) is 11.0 Å². The van der Waals surface area contributed by atoms with Crippen molar-refractivity contribution in [1.29, 1.82) is 0 Å². The van der Waals surface area contributed by atoms with Gasteiger partial charge >= 0.3 is 0 Å². The second-order valence-corrected chi connectivity index (χ2v) is 5.05. The number of rotatable bonds is 3. The van der Waals surface area contributed by atoms with Gasteiger partial charge in [0.05, 0.1) is 18.1 Å². The molecule has 0 aliphatic heterocycles. The first kappa shape index (κ1) is 12.2. The Balaban J connectivity index is 1.95. The van der Waals surface area contributed by atoms with E-state index in [0.29, 0.717) is 6.54 Å². The van der Waals surface area contributed by atoms with Crippen LogP contribution in [0.1, 0.15) is 5.76 Å². The lowest BCUT2D eigenvalue weighted by Gasteiger charge is -2.16. The molecule has 0 atom stereocenters. The zero-order chi connectivity index (χ0) is 13.4. The summed E-state index contributed by atoms with van der Waals surface area (Å²) in [5.41, 5.74) is 0.817. The Labute approximate surface area is 118 Å². The predicted molar refractivity (Wildman–Crippen MR) is 74.8 cm³/mol. The molecule has 0 saturated heterocycles. The van der Waals surface area contributed by atoms with Crippen LogP contribution in [0.3, 0.4) is 0 Å². The van der Waals surface area contributed by atoms with Gasteiger partial charge in [0.15, 0.2) is 10.3 Å². The fraction of sp³-hybridized carbons (Fsp3) is 0.250. The first-order valence-corrected chi connectivity index (χ1v) is 6.52. The molecule has 0 amide bonds. The van der Waals surface area contributed by atoms with E-state index in [0.717, 1.165) is 27.3 Å². The SMILES string of the molecule is CN(Cc1ccc(Br)o1)c1ncnc2c1cnn2C. The minimum Gasteiger partial charge on any atom is -0.452 e. The summed E-state index contributed by atoms with van der Waals surface area (Å²) >= 11 is 3.30.